The first-order valence-electron chi connectivity index (χ1n) is 18.5. The Balaban J connectivity index is 0.000000197. The molecule has 4 aliphatic rings. The fourth-order valence-electron chi connectivity index (χ4n) is 7.13. The Morgan fingerprint density at radius 1 is 1.02 bits per heavy atom. The molecule has 0 spiro atoms. The minimum Gasteiger partial charge on any atom is -0.451 e. The first kappa shape index (κ1) is 45.9. The van der Waals surface area contributed by atoms with Crippen molar-refractivity contribution in [1.29, 1.82) is 0 Å². The van der Waals surface area contributed by atoms with Gasteiger partial charge in [-0.1, -0.05) is 18.2 Å². The number of benzene rings is 1. The molecule has 1 aromatic heterocycles. The lowest BCUT2D eigenvalue weighted by molar-refractivity contribution is -0.173. The topological polar surface area (TPSA) is 217 Å². The van der Waals surface area contributed by atoms with Crippen molar-refractivity contribution in [2.24, 2.45) is 11.4 Å². The molecular weight excluding hydrogens is 808 g/mol. The molecule has 0 radical (unpaired) electrons. The molecule has 0 saturated carbocycles. The van der Waals surface area contributed by atoms with Crippen LogP contribution in [0, 0.1) is 5.92 Å². The number of H-pyrrole nitrogens is 1. The quantitative estimate of drug-likeness (QED) is 0.0697. The lowest BCUT2D eigenvalue weighted by Crippen LogP contribution is -2.47. The van der Waals surface area contributed by atoms with Gasteiger partial charge in [0.25, 0.3) is 0 Å². The van der Waals surface area contributed by atoms with Gasteiger partial charge in [0, 0.05) is 87.9 Å². The summed E-state index contributed by atoms with van der Waals surface area (Å²) < 4.78 is 37.3. The van der Waals surface area contributed by atoms with E-state index in [1.807, 2.05) is 4.90 Å². The molecule has 3 N–H and O–H groups in total. The molecule has 1 unspecified atom stereocenters. The molecule has 1 aromatic carbocycles. The first-order chi connectivity index (χ1) is 27.1. The van der Waals surface area contributed by atoms with Crippen LogP contribution in [0.4, 0.5) is 0 Å². The van der Waals surface area contributed by atoms with Crippen molar-refractivity contribution in [3.05, 3.63) is 41.6 Å². The van der Waals surface area contributed by atoms with Crippen molar-refractivity contribution in [1.82, 2.24) is 19.5 Å². The van der Waals surface area contributed by atoms with Crippen molar-refractivity contribution in [3.8, 4) is 0 Å². The second-order valence-electron chi connectivity index (χ2n) is 13.5. The van der Waals surface area contributed by atoms with E-state index in [1.165, 1.54) is 32.3 Å². The largest absolute Gasteiger partial charge is 0.451 e. The number of aromatic amines is 1. The van der Waals surface area contributed by atoms with Crippen molar-refractivity contribution >= 4 is 83.4 Å². The molecule has 1 amide bonds. The zero-order chi connectivity index (χ0) is 42.0. The van der Waals surface area contributed by atoms with E-state index < -0.39 is 56.0 Å². The third-order valence-corrected chi connectivity index (χ3v) is 11.8. The molecule has 2 fully saturated rings. The van der Waals surface area contributed by atoms with Crippen LogP contribution in [0.15, 0.2) is 30.5 Å². The van der Waals surface area contributed by atoms with Gasteiger partial charge in [-0.3, -0.25) is 23.8 Å². The number of aromatic nitrogens is 1. The van der Waals surface area contributed by atoms with Crippen LogP contribution in [0.2, 0.25) is 0 Å². The molecule has 57 heavy (non-hydrogen) atoms. The number of hydrogen-bond donors (Lipinski definition) is 2. The van der Waals surface area contributed by atoms with Crippen LogP contribution in [-0.2, 0) is 63.2 Å². The number of likely N-dealkylation sites (N-methyl/N-ethyl adjacent to an activating group) is 1. The van der Waals surface area contributed by atoms with Gasteiger partial charge in [-0.05, 0) is 50.1 Å². The smallest absolute Gasteiger partial charge is 0.352 e. The second kappa shape index (κ2) is 20.7. The standard InChI is InChI=1S/C20H25N3O.C10H10O8.C7H15Cl2N2O3P/c1-4-23(5-2)20(24)14-9-16-15-7-6-8-17-19(15)13(11-21-17)10-18(16)22(3)12-14;1-3(11)15-7-5-6(18-9(7)13)8(10(14)17-5)16-4(2)12;8-2-4-11(5-3-9)15(10,13)14-7-1-6-12/h6-9,11,14,18,21H,4-5,10,12H2,1-3H3;5-8H,1-2H3;6H,1-5,7H2,(H2,10,13)/t14-,18-;5-,6-,7-,8+;/m10./s1. The number of alkyl halides is 2. The summed E-state index contributed by atoms with van der Waals surface area (Å²) in [4.78, 5) is 75.1. The van der Waals surface area contributed by atoms with Crippen LogP contribution < -0.4 is 5.50 Å². The second-order valence-corrected chi connectivity index (χ2v) is 16.2. The summed E-state index contributed by atoms with van der Waals surface area (Å²) in [5.41, 5.74) is 10.7. The molecule has 6 rings (SSSR count). The van der Waals surface area contributed by atoms with Crippen LogP contribution >= 0.6 is 30.9 Å². The number of hydrogen-bond acceptors (Lipinski definition) is 13. The number of carbonyl (C=O) groups excluding carboxylic acids is 6. The summed E-state index contributed by atoms with van der Waals surface area (Å²) in [6, 6.07) is 6.82. The molecule has 314 valence electrons. The molecule has 2 aromatic rings. The third-order valence-electron chi connectivity index (χ3n) is 9.73. The molecule has 7 atom stereocenters. The van der Waals surface area contributed by atoms with Gasteiger partial charge in [0.15, 0.2) is 12.2 Å². The molecule has 17 nitrogen and oxygen atoms in total. The van der Waals surface area contributed by atoms with Crippen molar-refractivity contribution in [3.63, 3.8) is 0 Å². The van der Waals surface area contributed by atoms with E-state index in [4.69, 9.17) is 52.2 Å². The fraction of sp³-hybridized carbons (Fsp3) is 0.568. The van der Waals surface area contributed by atoms with E-state index in [1.54, 1.807) is 0 Å². The van der Waals surface area contributed by atoms with E-state index in [-0.39, 0.29) is 36.6 Å². The molecule has 1 aliphatic carbocycles. The summed E-state index contributed by atoms with van der Waals surface area (Å²) in [6.07, 6.45) is 1.49. The summed E-state index contributed by atoms with van der Waals surface area (Å²) in [5, 5.41) is 1.34. The highest BCUT2D eigenvalue weighted by atomic mass is 35.5. The highest BCUT2D eigenvalue weighted by molar-refractivity contribution is 7.53. The number of esters is 4. The Labute approximate surface area is 340 Å². The minimum atomic E-state index is -3.36. The van der Waals surface area contributed by atoms with Crippen LogP contribution in [0.5, 0.6) is 0 Å². The third kappa shape index (κ3) is 11.0. The van der Waals surface area contributed by atoms with E-state index in [2.05, 4.69) is 61.3 Å². The molecule has 3 aliphatic heterocycles. The molecule has 4 heterocycles. The maximum Gasteiger partial charge on any atom is 0.352 e. The van der Waals surface area contributed by atoms with Gasteiger partial charge in [0.05, 0.1) is 12.5 Å². The Morgan fingerprint density at radius 2 is 1.60 bits per heavy atom. The highest BCUT2D eigenvalue weighted by Gasteiger charge is 2.61. The van der Waals surface area contributed by atoms with E-state index in [9.17, 15) is 33.3 Å². The summed E-state index contributed by atoms with van der Waals surface area (Å²) >= 11 is 11.1. The predicted octanol–water partition coefficient (Wildman–Crippen LogP) is 3.05. The SMILES string of the molecule is CC(=O)O[C@@H]1C(=O)O[C@H]2[C@@H]1OC(=O)[C@@H]2OC(C)=O.CCN(CC)C(=O)[C@@H]1C=C2c3cccc4[nH]cc(c34)C[C@H]2N(C)C1.NP(=O)(OCCC=O)N(CCCl)CCCl. The molecule has 20 heteroatoms. The van der Waals surface area contributed by atoms with Crippen LogP contribution in [0.1, 0.15) is 45.2 Å². The Bertz CT molecular complexity index is 1830. The lowest BCUT2D eigenvalue weighted by Gasteiger charge is -2.40. The van der Waals surface area contributed by atoms with Crippen molar-refractivity contribution in [2.45, 2.75) is 71.0 Å². The average Bonchev–Trinajstić information content (AvgIpc) is 3.81. The summed E-state index contributed by atoms with van der Waals surface area (Å²) in [5.74, 6) is -2.28. The molecular formula is C37H50Cl2N5O12P. The normalized spacial score (nSPS) is 24.3. The van der Waals surface area contributed by atoms with Crippen LogP contribution in [0.25, 0.3) is 16.5 Å². The number of nitrogens with zero attached hydrogens (tertiary/aromatic N) is 3. The van der Waals surface area contributed by atoms with E-state index in [0.29, 0.717) is 25.4 Å². The first-order valence-corrected chi connectivity index (χ1v) is 21.2. The predicted molar refractivity (Wildman–Crippen MR) is 210 cm³/mol. The van der Waals surface area contributed by atoms with Gasteiger partial charge in [-0.15, -0.1) is 23.2 Å². The van der Waals surface area contributed by atoms with Gasteiger partial charge in [-0.2, -0.15) is 0 Å². The zero-order valence-electron chi connectivity index (χ0n) is 32.5. The van der Waals surface area contributed by atoms with Gasteiger partial charge in [-0.25, -0.2) is 19.8 Å². The maximum atomic E-state index is 12.9. The number of ether oxygens (including phenoxy) is 4. The zero-order valence-corrected chi connectivity index (χ0v) is 34.9. The van der Waals surface area contributed by atoms with Crippen molar-refractivity contribution in [2.75, 3.05) is 58.1 Å². The van der Waals surface area contributed by atoms with Crippen LogP contribution in [0.3, 0.4) is 0 Å². The lowest BCUT2D eigenvalue weighted by atomic mass is 9.79. The Hall–Kier alpha value is -3.83. The van der Waals surface area contributed by atoms with Gasteiger partial charge < -0.3 is 38.1 Å². The highest BCUT2D eigenvalue weighted by Crippen LogP contribution is 2.43. The maximum absolute atomic E-state index is 12.9. The number of nitrogens with one attached hydrogen (secondary N) is 1. The van der Waals surface area contributed by atoms with Crippen molar-refractivity contribution < 1.29 is 56.8 Å². The summed E-state index contributed by atoms with van der Waals surface area (Å²) in [7, 11) is -1.21. The Kier molecular flexibility index (Phi) is 16.7. The van der Waals surface area contributed by atoms with Gasteiger partial charge >= 0.3 is 31.5 Å². The number of carbonyl (C=O) groups is 6. The average molecular weight is 859 g/mol. The number of nitrogens with two attached hydrogens (primary N) is 1. The number of rotatable bonds is 14. The molecule has 2 saturated heterocycles. The number of halogens is 2. The fourth-order valence-corrected chi connectivity index (χ4v) is 9.07. The van der Waals surface area contributed by atoms with Crippen LogP contribution in [-0.4, -0.2) is 144 Å². The molecule has 0 bridgehead atoms. The van der Waals surface area contributed by atoms with Gasteiger partial charge in [0.1, 0.15) is 6.29 Å². The number of amides is 1. The summed E-state index contributed by atoms with van der Waals surface area (Å²) in [6.45, 7) is 9.40. The number of fused-ring (bicyclic) bond motifs is 3. The Morgan fingerprint density at radius 3 is 2.11 bits per heavy atom. The monoisotopic (exact) mass is 857 g/mol. The van der Waals surface area contributed by atoms with E-state index >= 15 is 0 Å². The van der Waals surface area contributed by atoms with E-state index in [0.717, 1.165) is 39.9 Å². The minimum absolute atomic E-state index is 0.0400. The van der Waals surface area contributed by atoms with Gasteiger partial charge in [0.2, 0.25) is 18.1 Å². The number of aldehydes is 1.